The van der Waals surface area contributed by atoms with Crippen LogP contribution in [0.5, 0.6) is 0 Å². The summed E-state index contributed by atoms with van der Waals surface area (Å²) in [7, 11) is 0. The first-order chi connectivity index (χ1) is 6.49. The molecule has 0 saturated heterocycles. The van der Waals surface area contributed by atoms with Gasteiger partial charge in [-0.3, -0.25) is 0 Å². The van der Waals surface area contributed by atoms with Crippen LogP contribution in [0.1, 0.15) is 45.2 Å². The molecule has 0 bridgehead atoms. The van der Waals surface area contributed by atoms with Crippen LogP contribution in [0.3, 0.4) is 0 Å². The monoisotopic (exact) mass is 212 g/mol. The maximum atomic E-state index is 4.29. The Kier molecular flexibility index (Phi) is 4.08. The Morgan fingerprint density at radius 1 is 1.50 bits per heavy atom. The number of hydrogen-bond acceptors (Lipinski definition) is 3. The van der Waals surface area contributed by atoms with E-state index in [2.05, 4.69) is 38.0 Å². The Morgan fingerprint density at radius 2 is 2.21 bits per heavy atom. The maximum Gasteiger partial charge on any atom is 0.109 e. The van der Waals surface area contributed by atoms with Gasteiger partial charge in [0.15, 0.2) is 0 Å². The molecule has 0 spiro atoms. The zero-order valence-electron chi connectivity index (χ0n) is 9.50. The smallest absolute Gasteiger partial charge is 0.109 e. The minimum atomic E-state index is 0.386. The second-order valence-corrected chi connectivity index (χ2v) is 5.78. The number of nitrogens with one attached hydrogen (secondary N) is 1. The van der Waals surface area contributed by atoms with E-state index in [1.807, 2.05) is 11.6 Å². The van der Waals surface area contributed by atoms with E-state index in [9.17, 15) is 0 Å². The summed E-state index contributed by atoms with van der Waals surface area (Å²) in [5.41, 5.74) is 0.412. The normalized spacial score (nSPS) is 14.3. The van der Waals surface area contributed by atoms with Gasteiger partial charge in [0.2, 0.25) is 0 Å². The van der Waals surface area contributed by atoms with Crippen molar-refractivity contribution < 1.29 is 0 Å². The van der Waals surface area contributed by atoms with Crippen LogP contribution in [0.25, 0.3) is 0 Å². The molecule has 0 aliphatic carbocycles. The van der Waals surface area contributed by atoms with Gasteiger partial charge in [0.25, 0.3) is 0 Å². The quantitative estimate of drug-likeness (QED) is 0.829. The molecule has 0 saturated carbocycles. The molecule has 0 aromatic carbocycles. The molecular weight excluding hydrogens is 192 g/mol. The second kappa shape index (κ2) is 4.89. The summed E-state index contributed by atoms with van der Waals surface area (Å²) >= 11 is 1.72. The fraction of sp³-hybridized carbons (Fsp3) is 0.727. The van der Waals surface area contributed by atoms with Crippen LogP contribution < -0.4 is 5.32 Å². The molecule has 3 heteroatoms. The van der Waals surface area contributed by atoms with Gasteiger partial charge in [-0.25, -0.2) is 4.98 Å². The minimum Gasteiger partial charge on any atom is -0.308 e. The highest BCUT2D eigenvalue weighted by Crippen LogP contribution is 2.19. The van der Waals surface area contributed by atoms with E-state index in [4.69, 9.17) is 0 Å². The first-order valence-electron chi connectivity index (χ1n) is 5.12. The van der Waals surface area contributed by atoms with Crippen molar-refractivity contribution in [3.05, 3.63) is 16.6 Å². The van der Waals surface area contributed by atoms with Gasteiger partial charge in [-0.05, 0) is 25.3 Å². The van der Waals surface area contributed by atoms with Crippen molar-refractivity contribution in [2.45, 2.75) is 40.2 Å². The summed E-state index contributed by atoms with van der Waals surface area (Å²) in [6.07, 6.45) is 3.06. The Labute approximate surface area is 90.8 Å². The van der Waals surface area contributed by atoms with Gasteiger partial charge in [-0.15, -0.1) is 11.3 Å². The van der Waals surface area contributed by atoms with Crippen LogP contribution in [-0.4, -0.2) is 11.5 Å². The number of hydrogen-bond donors (Lipinski definition) is 1. The maximum absolute atomic E-state index is 4.29. The average Bonchev–Trinajstić information content (AvgIpc) is 2.53. The molecule has 14 heavy (non-hydrogen) atoms. The fourth-order valence-electron chi connectivity index (χ4n) is 1.20. The zero-order chi connectivity index (χ0) is 10.6. The molecule has 1 N–H and O–H groups in total. The highest BCUT2D eigenvalue weighted by molar-refractivity contribution is 7.09. The van der Waals surface area contributed by atoms with E-state index in [1.54, 1.807) is 11.3 Å². The van der Waals surface area contributed by atoms with E-state index >= 15 is 0 Å². The summed E-state index contributed by atoms with van der Waals surface area (Å²) in [6.45, 7) is 10.0. The SMILES string of the molecule is CC(NCCC(C)(C)C)c1nccs1. The van der Waals surface area contributed by atoms with Gasteiger partial charge in [0.05, 0.1) is 6.04 Å². The van der Waals surface area contributed by atoms with E-state index in [-0.39, 0.29) is 0 Å². The largest absolute Gasteiger partial charge is 0.308 e. The topological polar surface area (TPSA) is 24.9 Å². The molecule has 1 aromatic heterocycles. The number of rotatable bonds is 4. The molecule has 0 aliphatic rings. The minimum absolute atomic E-state index is 0.386. The van der Waals surface area contributed by atoms with Gasteiger partial charge in [-0.1, -0.05) is 20.8 Å². The van der Waals surface area contributed by atoms with Gasteiger partial charge in [0.1, 0.15) is 5.01 Å². The molecule has 0 aliphatic heterocycles. The number of nitrogens with zero attached hydrogens (tertiary/aromatic N) is 1. The number of aromatic nitrogens is 1. The number of thiazole rings is 1. The van der Waals surface area contributed by atoms with Gasteiger partial charge in [-0.2, -0.15) is 0 Å². The third kappa shape index (κ3) is 4.20. The van der Waals surface area contributed by atoms with Crippen LogP contribution in [0.15, 0.2) is 11.6 Å². The summed E-state index contributed by atoms with van der Waals surface area (Å²) in [5, 5.41) is 6.69. The predicted molar refractivity (Wildman–Crippen MR) is 62.6 cm³/mol. The standard InChI is InChI=1S/C11H20N2S/c1-9(10-13-7-8-14-10)12-6-5-11(2,3)4/h7-9,12H,5-6H2,1-4H3. The lowest BCUT2D eigenvalue weighted by Gasteiger charge is -2.19. The van der Waals surface area contributed by atoms with E-state index in [0.717, 1.165) is 6.54 Å². The van der Waals surface area contributed by atoms with Crippen LogP contribution in [0.2, 0.25) is 0 Å². The molecule has 0 amide bonds. The fourth-order valence-corrected chi connectivity index (χ4v) is 1.87. The summed E-state index contributed by atoms with van der Waals surface area (Å²) in [4.78, 5) is 4.29. The molecule has 1 atom stereocenters. The van der Waals surface area contributed by atoms with E-state index in [0.29, 0.717) is 11.5 Å². The summed E-state index contributed by atoms with van der Waals surface area (Å²) in [6, 6.07) is 0.386. The van der Waals surface area contributed by atoms with Crippen LogP contribution in [0.4, 0.5) is 0 Å². The van der Waals surface area contributed by atoms with Crippen molar-refractivity contribution in [3.63, 3.8) is 0 Å². The molecule has 0 radical (unpaired) electrons. The molecule has 80 valence electrons. The zero-order valence-corrected chi connectivity index (χ0v) is 10.3. The Balaban J connectivity index is 2.26. The Hall–Kier alpha value is -0.410. The van der Waals surface area contributed by atoms with E-state index < -0.39 is 0 Å². The molecule has 1 rings (SSSR count). The van der Waals surface area contributed by atoms with Crippen molar-refractivity contribution in [3.8, 4) is 0 Å². The third-order valence-electron chi connectivity index (χ3n) is 2.15. The van der Waals surface area contributed by atoms with Gasteiger partial charge >= 0.3 is 0 Å². The van der Waals surface area contributed by atoms with Gasteiger partial charge in [0, 0.05) is 11.6 Å². The van der Waals surface area contributed by atoms with Crippen LogP contribution in [0, 0.1) is 5.41 Å². The summed E-state index contributed by atoms with van der Waals surface area (Å²) < 4.78 is 0. The van der Waals surface area contributed by atoms with Crippen molar-refractivity contribution in [1.29, 1.82) is 0 Å². The third-order valence-corrected chi connectivity index (χ3v) is 3.11. The lowest BCUT2D eigenvalue weighted by molar-refractivity contribution is 0.358. The van der Waals surface area contributed by atoms with Crippen molar-refractivity contribution in [1.82, 2.24) is 10.3 Å². The van der Waals surface area contributed by atoms with Crippen molar-refractivity contribution >= 4 is 11.3 Å². The first-order valence-corrected chi connectivity index (χ1v) is 6.00. The first kappa shape index (κ1) is 11.7. The predicted octanol–water partition coefficient (Wildman–Crippen LogP) is 3.23. The van der Waals surface area contributed by atoms with E-state index in [1.165, 1.54) is 11.4 Å². The second-order valence-electron chi connectivity index (χ2n) is 4.86. The highest BCUT2D eigenvalue weighted by Gasteiger charge is 2.11. The lowest BCUT2D eigenvalue weighted by atomic mass is 9.92. The molecule has 1 heterocycles. The molecule has 0 fully saturated rings. The summed E-state index contributed by atoms with van der Waals surface area (Å²) in [5.74, 6) is 0. The van der Waals surface area contributed by atoms with Crippen LogP contribution >= 0.6 is 11.3 Å². The Morgan fingerprint density at radius 3 is 2.71 bits per heavy atom. The molecular formula is C11H20N2S. The van der Waals surface area contributed by atoms with Crippen molar-refractivity contribution in [2.24, 2.45) is 5.41 Å². The average molecular weight is 212 g/mol. The van der Waals surface area contributed by atoms with Gasteiger partial charge < -0.3 is 5.32 Å². The van der Waals surface area contributed by atoms with Crippen LogP contribution in [-0.2, 0) is 0 Å². The Bertz CT molecular complexity index is 249. The molecule has 1 unspecified atom stereocenters. The van der Waals surface area contributed by atoms with Crippen molar-refractivity contribution in [2.75, 3.05) is 6.54 Å². The molecule has 1 aromatic rings. The highest BCUT2D eigenvalue weighted by atomic mass is 32.1. The lowest BCUT2D eigenvalue weighted by Crippen LogP contribution is -2.23. The molecule has 2 nitrogen and oxygen atoms in total.